The van der Waals surface area contributed by atoms with Gasteiger partial charge in [-0.05, 0) is 23.8 Å². The average Bonchev–Trinajstić information content (AvgIpc) is 2.00. The maximum atomic E-state index is 11.5. The average molecular weight is 168 g/mol. The summed E-state index contributed by atoms with van der Waals surface area (Å²) in [5, 5.41) is 9.48. The number of rotatable bonds is 1. The Morgan fingerprint density at radius 1 is 1.58 bits per heavy atom. The van der Waals surface area contributed by atoms with E-state index >= 15 is 0 Å². The Hall–Kier alpha value is -0.630. The van der Waals surface area contributed by atoms with Crippen LogP contribution in [0.15, 0.2) is 11.6 Å². The first-order chi connectivity index (χ1) is 5.54. The molecule has 0 saturated heterocycles. The number of hydrogen-bond donors (Lipinski definition) is 1. The lowest BCUT2D eigenvalue weighted by atomic mass is 9.83. The number of Topliss-reactive ketones (excluding diaryl/α,β-unsaturated/α-hetero) is 1. The van der Waals surface area contributed by atoms with Crippen LogP contribution >= 0.6 is 0 Å². The topological polar surface area (TPSA) is 37.3 Å². The summed E-state index contributed by atoms with van der Waals surface area (Å²) in [7, 11) is 0. The molecule has 0 amide bonds. The standard InChI is InChI=1S/C10H16O2/c1-6(2)8-5-4-7(3)9(11)10(8)12/h5-7,9,11H,4H2,1-3H3. The highest BCUT2D eigenvalue weighted by atomic mass is 16.3. The SMILES string of the molecule is CC(C)C1=CCC(C)C(O)C1=O. The van der Waals surface area contributed by atoms with Crippen molar-refractivity contribution in [3.05, 3.63) is 11.6 Å². The van der Waals surface area contributed by atoms with Crippen molar-refractivity contribution in [3.63, 3.8) is 0 Å². The van der Waals surface area contributed by atoms with E-state index in [1.54, 1.807) is 0 Å². The summed E-state index contributed by atoms with van der Waals surface area (Å²) in [6.45, 7) is 5.86. The minimum atomic E-state index is -0.771. The Labute approximate surface area is 73.3 Å². The van der Waals surface area contributed by atoms with Gasteiger partial charge < -0.3 is 5.11 Å². The maximum absolute atomic E-state index is 11.5. The molecule has 1 aliphatic rings. The fourth-order valence-corrected chi connectivity index (χ4v) is 1.49. The normalized spacial score (nSPS) is 30.8. The van der Waals surface area contributed by atoms with Crippen molar-refractivity contribution in [2.75, 3.05) is 0 Å². The minimum absolute atomic E-state index is 0.0799. The molecule has 1 rings (SSSR count). The first-order valence-electron chi connectivity index (χ1n) is 4.46. The van der Waals surface area contributed by atoms with Crippen LogP contribution in [0.4, 0.5) is 0 Å². The molecule has 0 spiro atoms. The molecule has 0 heterocycles. The highest BCUT2D eigenvalue weighted by molar-refractivity contribution is 5.99. The van der Waals surface area contributed by atoms with Crippen molar-refractivity contribution < 1.29 is 9.90 Å². The lowest BCUT2D eigenvalue weighted by Crippen LogP contribution is -2.33. The van der Waals surface area contributed by atoms with E-state index in [1.165, 1.54) is 0 Å². The number of aliphatic hydroxyl groups is 1. The fraction of sp³-hybridized carbons (Fsp3) is 0.700. The molecule has 12 heavy (non-hydrogen) atoms. The van der Waals surface area contributed by atoms with E-state index in [0.717, 1.165) is 12.0 Å². The molecule has 0 bridgehead atoms. The van der Waals surface area contributed by atoms with Gasteiger partial charge in [0, 0.05) is 0 Å². The van der Waals surface area contributed by atoms with Crippen LogP contribution in [0.2, 0.25) is 0 Å². The summed E-state index contributed by atoms with van der Waals surface area (Å²) in [6.07, 6.45) is 2.01. The third-order valence-electron chi connectivity index (χ3n) is 2.42. The first kappa shape index (κ1) is 9.46. The van der Waals surface area contributed by atoms with E-state index in [1.807, 2.05) is 26.8 Å². The zero-order chi connectivity index (χ0) is 9.30. The van der Waals surface area contributed by atoms with Gasteiger partial charge in [0.15, 0.2) is 5.78 Å². The summed E-state index contributed by atoms with van der Waals surface area (Å²) >= 11 is 0. The van der Waals surface area contributed by atoms with Crippen molar-refractivity contribution >= 4 is 5.78 Å². The van der Waals surface area contributed by atoms with Crippen LogP contribution in [0.1, 0.15) is 27.2 Å². The van der Waals surface area contributed by atoms with Crippen molar-refractivity contribution in [2.24, 2.45) is 11.8 Å². The van der Waals surface area contributed by atoms with Gasteiger partial charge in [0.05, 0.1) is 0 Å². The molecule has 2 heteroatoms. The van der Waals surface area contributed by atoms with E-state index in [9.17, 15) is 9.90 Å². The van der Waals surface area contributed by atoms with Crippen molar-refractivity contribution in [1.29, 1.82) is 0 Å². The molecule has 0 aliphatic heterocycles. The molecule has 68 valence electrons. The monoisotopic (exact) mass is 168 g/mol. The van der Waals surface area contributed by atoms with Crippen LogP contribution in [-0.2, 0) is 4.79 Å². The van der Waals surface area contributed by atoms with Gasteiger partial charge in [-0.1, -0.05) is 26.8 Å². The zero-order valence-electron chi connectivity index (χ0n) is 7.87. The van der Waals surface area contributed by atoms with Crippen LogP contribution < -0.4 is 0 Å². The molecule has 0 aromatic heterocycles. The Balaban J connectivity index is 2.85. The maximum Gasteiger partial charge on any atom is 0.187 e. The minimum Gasteiger partial charge on any atom is -0.385 e. The lowest BCUT2D eigenvalue weighted by Gasteiger charge is -2.24. The second-order valence-corrected chi connectivity index (χ2v) is 3.84. The predicted octanol–water partition coefficient (Wildman–Crippen LogP) is 1.54. The summed E-state index contributed by atoms with van der Waals surface area (Å²) in [6, 6.07) is 0. The molecule has 0 aromatic rings. The molecule has 0 saturated carbocycles. The molecular weight excluding hydrogens is 152 g/mol. The Kier molecular flexibility index (Phi) is 2.68. The van der Waals surface area contributed by atoms with Crippen LogP contribution in [0.5, 0.6) is 0 Å². The van der Waals surface area contributed by atoms with E-state index in [4.69, 9.17) is 0 Å². The highest BCUT2D eigenvalue weighted by Crippen LogP contribution is 2.24. The van der Waals surface area contributed by atoms with Crippen LogP contribution in [0.3, 0.4) is 0 Å². The van der Waals surface area contributed by atoms with Gasteiger partial charge >= 0.3 is 0 Å². The summed E-state index contributed by atoms with van der Waals surface area (Å²) < 4.78 is 0. The van der Waals surface area contributed by atoms with Gasteiger partial charge in [0.2, 0.25) is 0 Å². The van der Waals surface area contributed by atoms with Crippen molar-refractivity contribution in [1.82, 2.24) is 0 Å². The molecule has 2 atom stereocenters. The molecule has 0 fully saturated rings. The Morgan fingerprint density at radius 2 is 2.17 bits per heavy atom. The predicted molar refractivity (Wildman–Crippen MR) is 47.7 cm³/mol. The number of allylic oxidation sites excluding steroid dienone is 1. The van der Waals surface area contributed by atoms with Gasteiger partial charge in [-0.3, -0.25) is 4.79 Å². The van der Waals surface area contributed by atoms with Crippen molar-refractivity contribution in [2.45, 2.75) is 33.3 Å². The van der Waals surface area contributed by atoms with E-state index < -0.39 is 6.10 Å². The quantitative estimate of drug-likeness (QED) is 0.644. The molecule has 0 aromatic carbocycles. The third-order valence-corrected chi connectivity index (χ3v) is 2.42. The molecule has 2 nitrogen and oxygen atoms in total. The van der Waals surface area contributed by atoms with Gasteiger partial charge in [0.1, 0.15) is 6.10 Å². The third kappa shape index (κ3) is 1.58. The number of carbonyl (C=O) groups is 1. The molecule has 1 N–H and O–H groups in total. The number of ketones is 1. The smallest absolute Gasteiger partial charge is 0.187 e. The van der Waals surface area contributed by atoms with E-state index in [2.05, 4.69) is 0 Å². The molecular formula is C10H16O2. The van der Waals surface area contributed by atoms with Gasteiger partial charge in [-0.15, -0.1) is 0 Å². The molecule has 2 unspecified atom stereocenters. The molecule has 1 aliphatic carbocycles. The Bertz CT molecular complexity index is 216. The van der Waals surface area contributed by atoms with Crippen LogP contribution in [-0.4, -0.2) is 17.0 Å². The second-order valence-electron chi connectivity index (χ2n) is 3.84. The number of aliphatic hydroxyl groups excluding tert-OH is 1. The Morgan fingerprint density at radius 3 is 2.67 bits per heavy atom. The fourth-order valence-electron chi connectivity index (χ4n) is 1.49. The van der Waals surface area contributed by atoms with Crippen molar-refractivity contribution in [3.8, 4) is 0 Å². The van der Waals surface area contributed by atoms with Gasteiger partial charge in [-0.2, -0.15) is 0 Å². The number of hydrogen-bond acceptors (Lipinski definition) is 2. The van der Waals surface area contributed by atoms with Gasteiger partial charge in [0.25, 0.3) is 0 Å². The summed E-state index contributed by atoms with van der Waals surface area (Å²) in [4.78, 5) is 11.5. The largest absolute Gasteiger partial charge is 0.385 e. The number of carbonyl (C=O) groups excluding carboxylic acids is 1. The van der Waals surface area contributed by atoms with E-state index in [-0.39, 0.29) is 17.6 Å². The van der Waals surface area contributed by atoms with Gasteiger partial charge in [-0.25, -0.2) is 0 Å². The van der Waals surface area contributed by atoms with Crippen LogP contribution in [0, 0.1) is 11.8 Å². The highest BCUT2D eigenvalue weighted by Gasteiger charge is 2.29. The zero-order valence-corrected chi connectivity index (χ0v) is 7.87. The summed E-state index contributed by atoms with van der Waals surface area (Å²) in [5.41, 5.74) is 0.792. The van der Waals surface area contributed by atoms with E-state index in [0.29, 0.717) is 0 Å². The first-order valence-corrected chi connectivity index (χ1v) is 4.46. The molecule has 0 radical (unpaired) electrons. The lowest BCUT2D eigenvalue weighted by molar-refractivity contribution is -0.126. The second kappa shape index (κ2) is 3.40. The summed E-state index contributed by atoms with van der Waals surface area (Å²) in [5.74, 6) is 0.239. The van der Waals surface area contributed by atoms with Crippen LogP contribution in [0.25, 0.3) is 0 Å².